The third-order valence-electron chi connectivity index (χ3n) is 2.25. The van der Waals surface area contributed by atoms with E-state index in [-0.39, 0.29) is 11.8 Å². The van der Waals surface area contributed by atoms with Crippen LogP contribution in [0.1, 0.15) is 20.8 Å². The molecule has 96 valence electrons. The lowest BCUT2D eigenvalue weighted by Crippen LogP contribution is -2.27. The lowest BCUT2D eigenvalue weighted by molar-refractivity contribution is -0.123. The van der Waals surface area contributed by atoms with Crippen molar-refractivity contribution in [2.24, 2.45) is 5.41 Å². The van der Waals surface area contributed by atoms with Crippen molar-refractivity contribution in [2.45, 2.75) is 20.8 Å². The number of hydrogen-bond acceptors (Lipinski definition) is 2. The van der Waals surface area contributed by atoms with Crippen LogP contribution in [-0.4, -0.2) is 11.8 Å². The van der Waals surface area contributed by atoms with Gasteiger partial charge in [-0.05, 0) is 24.3 Å². The van der Waals surface area contributed by atoms with Gasteiger partial charge in [0.25, 0.3) is 0 Å². The summed E-state index contributed by atoms with van der Waals surface area (Å²) >= 11 is 0. The van der Waals surface area contributed by atoms with Crippen LogP contribution in [0.25, 0.3) is 0 Å². The van der Waals surface area contributed by atoms with Crippen LogP contribution in [0.15, 0.2) is 36.9 Å². The first-order valence-corrected chi connectivity index (χ1v) is 5.68. The SMILES string of the molecule is C=CC(=O)Nc1cccc(NC(=O)C(C)(C)C)c1. The minimum absolute atomic E-state index is 0.0744. The van der Waals surface area contributed by atoms with E-state index in [2.05, 4.69) is 17.2 Å². The summed E-state index contributed by atoms with van der Waals surface area (Å²) < 4.78 is 0. The highest BCUT2D eigenvalue weighted by atomic mass is 16.2. The molecular weight excluding hydrogens is 228 g/mol. The quantitative estimate of drug-likeness (QED) is 0.806. The van der Waals surface area contributed by atoms with Crippen molar-refractivity contribution in [3.05, 3.63) is 36.9 Å². The maximum Gasteiger partial charge on any atom is 0.247 e. The van der Waals surface area contributed by atoms with Crippen molar-refractivity contribution < 1.29 is 9.59 Å². The second kappa shape index (κ2) is 5.49. The fourth-order valence-electron chi connectivity index (χ4n) is 1.19. The Kier molecular flexibility index (Phi) is 4.26. The Hall–Kier alpha value is -2.10. The van der Waals surface area contributed by atoms with Gasteiger partial charge in [0.2, 0.25) is 11.8 Å². The molecule has 2 amide bonds. The van der Waals surface area contributed by atoms with Gasteiger partial charge in [0.15, 0.2) is 0 Å². The standard InChI is InChI=1S/C14H18N2O2/c1-5-12(17)15-10-7-6-8-11(9-10)16-13(18)14(2,3)4/h5-9H,1H2,2-4H3,(H,15,17)(H,16,18). The zero-order valence-corrected chi connectivity index (χ0v) is 10.9. The second-order valence-corrected chi connectivity index (χ2v) is 4.98. The molecule has 1 aromatic carbocycles. The lowest BCUT2D eigenvalue weighted by Gasteiger charge is -2.18. The molecular formula is C14H18N2O2. The molecule has 0 aliphatic rings. The summed E-state index contributed by atoms with van der Waals surface area (Å²) in [5.41, 5.74) is 0.809. The van der Waals surface area contributed by atoms with Crippen LogP contribution in [0.4, 0.5) is 11.4 Å². The van der Waals surface area contributed by atoms with E-state index in [1.807, 2.05) is 20.8 Å². The Balaban J connectivity index is 2.80. The van der Waals surface area contributed by atoms with Crippen molar-refractivity contribution in [1.82, 2.24) is 0 Å². The highest BCUT2D eigenvalue weighted by Crippen LogP contribution is 2.19. The van der Waals surface area contributed by atoms with Gasteiger partial charge < -0.3 is 10.6 Å². The average molecular weight is 246 g/mol. The van der Waals surface area contributed by atoms with Crippen molar-refractivity contribution in [3.8, 4) is 0 Å². The Morgan fingerprint density at radius 3 is 2.22 bits per heavy atom. The van der Waals surface area contributed by atoms with E-state index in [4.69, 9.17) is 0 Å². The minimum Gasteiger partial charge on any atom is -0.326 e. The first-order valence-electron chi connectivity index (χ1n) is 5.68. The van der Waals surface area contributed by atoms with Crippen molar-refractivity contribution in [3.63, 3.8) is 0 Å². The molecule has 0 atom stereocenters. The van der Waals surface area contributed by atoms with E-state index in [9.17, 15) is 9.59 Å². The summed E-state index contributed by atoms with van der Waals surface area (Å²) in [6.45, 7) is 8.89. The average Bonchev–Trinajstić information content (AvgIpc) is 2.28. The summed E-state index contributed by atoms with van der Waals surface area (Å²) in [7, 11) is 0. The molecule has 0 spiro atoms. The maximum atomic E-state index is 11.8. The number of nitrogens with one attached hydrogen (secondary N) is 2. The number of rotatable bonds is 3. The molecule has 0 radical (unpaired) electrons. The van der Waals surface area contributed by atoms with Crippen LogP contribution < -0.4 is 10.6 Å². The zero-order chi connectivity index (χ0) is 13.8. The molecule has 0 saturated heterocycles. The van der Waals surface area contributed by atoms with Gasteiger partial charge in [-0.2, -0.15) is 0 Å². The first kappa shape index (κ1) is 14.0. The van der Waals surface area contributed by atoms with E-state index >= 15 is 0 Å². The zero-order valence-electron chi connectivity index (χ0n) is 10.9. The van der Waals surface area contributed by atoms with Crippen LogP contribution in [-0.2, 0) is 9.59 Å². The number of amides is 2. The van der Waals surface area contributed by atoms with Gasteiger partial charge >= 0.3 is 0 Å². The number of benzene rings is 1. The van der Waals surface area contributed by atoms with Gasteiger partial charge in [0.1, 0.15) is 0 Å². The van der Waals surface area contributed by atoms with Crippen molar-refractivity contribution in [2.75, 3.05) is 10.6 Å². The van der Waals surface area contributed by atoms with Gasteiger partial charge in [-0.25, -0.2) is 0 Å². The van der Waals surface area contributed by atoms with Gasteiger partial charge in [-0.3, -0.25) is 9.59 Å². The molecule has 0 saturated carbocycles. The molecule has 1 rings (SSSR count). The van der Waals surface area contributed by atoms with E-state index in [1.54, 1.807) is 24.3 Å². The molecule has 2 N–H and O–H groups in total. The van der Waals surface area contributed by atoms with Gasteiger partial charge in [0.05, 0.1) is 0 Å². The fraction of sp³-hybridized carbons (Fsp3) is 0.286. The topological polar surface area (TPSA) is 58.2 Å². The molecule has 4 heteroatoms. The molecule has 18 heavy (non-hydrogen) atoms. The molecule has 0 unspecified atom stereocenters. The Bertz CT molecular complexity index is 473. The summed E-state index contributed by atoms with van der Waals surface area (Å²) in [6.07, 6.45) is 1.19. The molecule has 0 fully saturated rings. The largest absolute Gasteiger partial charge is 0.326 e. The Labute approximate surface area is 107 Å². The molecule has 1 aromatic rings. The third-order valence-corrected chi connectivity index (χ3v) is 2.25. The Morgan fingerprint density at radius 1 is 1.17 bits per heavy atom. The van der Waals surface area contributed by atoms with E-state index in [0.717, 1.165) is 0 Å². The van der Waals surface area contributed by atoms with Crippen LogP contribution in [0.2, 0.25) is 0 Å². The monoisotopic (exact) mass is 246 g/mol. The van der Waals surface area contributed by atoms with Gasteiger partial charge in [0, 0.05) is 16.8 Å². The summed E-state index contributed by atoms with van der Waals surface area (Å²) in [5.74, 6) is -0.357. The van der Waals surface area contributed by atoms with Crippen LogP contribution in [0, 0.1) is 5.41 Å². The number of hydrogen-bond donors (Lipinski definition) is 2. The lowest BCUT2D eigenvalue weighted by atomic mass is 9.95. The first-order chi connectivity index (χ1) is 8.32. The maximum absolute atomic E-state index is 11.8. The third kappa shape index (κ3) is 4.05. The van der Waals surface area contributed by atoms with E-state index < -0.39 is 5.41 Å². The van der Waals surface area contributed by atoms with Crippen LogP contribution in [0.5, 0.6) is 0 Å². The second-order valence-electron chi connectivity index (χ2n) is 4.98. The van der Waals surface area contributed by atoms with Crippen molar-refractivity contribution >= 4 is 23.2 Å². The molecule has 0 heterocycles. The smallest absolute Gasteiger partial charge is 0.247 e. The van der Waals surface area contributed by atoms with E-state index in [0.29, 0.717) is 11.4 Å². The minimum atomic E-state index is -0.458. The molecule has 0 bridgehead atoms. The summed E-state index contributed by atoms with van der Waals surface area (Å²) in [4.78, 5) is 23.0. The summed E-state index contributed by atoms with van der Waals surface area (Å²) in [5, 5.41) is 5.43. The molecule has 0 aliphatic carbocycles. The molecule has 0 aliphatic heterocycles. The normalized spacial score (nSPS) is 10.6. The van der Waals surface area contributed by atoms with Crippen LogP contribution in [0.3, 0.4) is 0 Å². The van der Waals surface area contributed by atoms with Crippen LogP contribution >= 0.6 is 0 Å². The highest BCUT2D eigenvalue weighted by Gasteiger charge is 2.21. The highest BCUT2D eigenvalue weighted by molar-refractivity contribution is 6.00. The summed E-state index contributed by atoms with van der Waals surface area (Å²) in [6, 6.07) is 6.98. The number of anilines is 2. The fourth-order valence-corrected chi connectivity index (χ4v) is 1.19. The number of carbonyl (C=O) groups is 2. The predicted octanol–water partition coefficient (Wildman–Crippen LogP) is 2.80. The number of carbonyl (C=O) groups excluding carboxylic acids is 2. The van der Waals surface area contributed by atoms with Gasteiger partial charge in [-0.1, -0.05) is 33.4 Å². The predicted molar refractivity (Wildman–Crippen MR) is 73.4 cm³/mol. The molecule has 0 aromatic heterocycles. The molecule has 4 nitrogen and oxygen atoms in total. The van der Waals surface area contributed by atoms with E-state index in [1.165, 1.54) is 6.08 Å². The van der Waals surface area contributed by atoms with Crippen molar-refractivity contribution in [1.29, 1.82) is 0 Å². The Morgan fingerprint density at radius 2 is 1.72 bits per heavy atom. The van der Waals surface area contributed by atoms with Gasteiger partial charge in [-0.15, -0.1) is 0 Å².